The first-order chi connectivity index (χ1) is 6.02. The third-order valence-corrected chi connectivity index (χ3v) is 5.22. The molecule has 0 saturated carbocycles. The molecule has 1 aromatic rings. The smallest absolute Gasteiger partial charge is 0.348 e. The summed E-state index contributed by atoms with van der Waals surface area (Å²) in [7, 11) is -5.02. The Morgan fingerprint density at radius 2 is 1.85 bits per heavy atom. The molecule has 13 heavy (non-hydrogen) atoms. The Balaban J connectivity index is 2.88. The van der Waals surface area contributed by atoms with Crippen LogP contribution in [0.3, 0.4) is 0 Å². The van der Waals surface area contributed by atoms with Gasteiger partial charge in [-0.15, -0.1) is 0 Å². The van der Waals surface area contributed by atoms with Crippen molar-refractivity contribution in [3.8, 4) is 0 Å². The van der Waals surface area contributed by atoms with E-state index < -0.39 is 16.6 Å². The van der Waals surface area contributed by atoms with E-state index in [0.717, 1.165) is 0 Å². The molecule has 0 radical (unpaired) electrons. The van der Waals surface area contributed by atoms with Crippen molar-refractivity contribution in [1.29, 1.82) is 0 Å². The molecule has 5 heteroatoms. The first-order valence-electron chi connectivity index (χ1n) is 4.09. The zero-order chi connectivity index (χ0) is 9.90. The summed E-state index contributed by atoms with van der Waals surface area (Å²) in [5.41, 5.74) is 0. The predicted octanol–water partition coefficient (Wildman–Crippen LogP) is 1.50. The Bertz CT molecular complexity index is 312. The van der Waals surface area contributed by atoms with Crippen molar-refractivity contribution in [2.75, 3.05) is 0 Å². The van der Waals surface area contributed by atoms with E-state index in [9.17, 15) is 9.46 Å². The second kappa shape index (κ2) is 4.20. The second-order valence-corrected chi connectivity index (χ2v) is 7.51. The maximum absolute atomic E-state index is 11.6. The highest BCUT2D eigenvalue weighted by molar-refractivity contribution is 7.62. The summed E-state index contributed by atoms with van der Waals surface area (Å²) in [5.74, 6) is 0. The van der Waals surface area contributed by atoms with Gasteiger partial charge >= 0.3 is 7.60 Å². The zero-order valence-corrected chi connectivity index (χ0v) is 9.72. The molecule has 0 amide bonds. The van der Waals surface area contributed by atoms with E-state index in [-0.39, 0.29) is 0 Å². The number of rotatable bonds is 3. The standard InChI is InChI=1S/C8H13O3PSi/c1-13(2)11-12(9,10)8-6-4-3-5-7-8/h3-7,13H,1-2H3,(H,9,10). The largest absolute Gasteiger partial charge is 0.352 e. The normalized spacial score (nSPS) is 15.7. The SMILES string of the molecule is C[SiH](C)OP(=O)(O)c1ccccc1. The first-order valence-corrected chi connectivity index (χ1v) is 8.45. The van der Waals surface area contributed by atoms with Crippen LogP contribution in [0.15, 0.2) is 30.3 Å². The molecule has 0 aromatic heterocycles. The van der Waals surface area contributed by atoms with Crippen LogP contribution in [0, 0.1) is 0 Å². The van der Waals surface area contributed by atoms with Crippen molar-refractivity contribution in [3.63, 3.8) is 0 Å². The van der Waals surface area contributed by atoms with Crippen molar-refractivity contribution in [2.24, 2.45) is 0 Å². The van der Waals surface area contributed by atoms with Crippen LogP contribution in [-0.2, 0) is 8.78 Å². The number of benzene rings is 1. The van der Waals surface area contributed by atoms with Gasteiger partial charge in [0.15, 0.2) is 9.04 Å². The topological polar surface area (TPSA) is 46.5 Å². The van der Waals surface area contributed by atoms with E-state index in [2.05, 4.69) is 0 Å². The molecule has 0 heterocycles. The minimum atomic E-state index is -3.54. The molecule has 0 fully saturated rings. The van der Waals surface area contributed by atoms with Crippen molar-refractivity contribution in [1.82, 2.24) is 0 Å². The molecule has 1 aromatic carbocycles. The van der Waals surface area contributed by atoms with Crippen LogP contribution in [0.25, 0.3) is 0 Å². The highest BCUT2D eigenvalue weighted by atomic mass is 31.2. The summed E-state index contributed by atoms with van der Waals surface area (Å²) < 4.78 is 16.7. The average molecular weight is 216 g/mol. The van der Waals surface area contributed by atoms with Crippen LogP contribution < -0.4 is 5.30 Å². The molecule has 72 valence electrons. The van der Waals surface area contributed by atoms with E-state index in [4.69, 9.17) is 4.21 Å². The van der Waals surface area contributed by atoms with E-state index in [1.165, 1.54) is 0 Å². The van der Waals surface area contributed by atoms with Gasteiger partial charge in [-0.1, -0.05) is 18.2 Å². The third-order valence-electron chi connectivity index (χ3n) is 1.44. The summed E-state index contributed by atoms with van der Waals surface area (Å²) in [6.07, 6.45) is 0. The molecule has 0 saturated heterocycles. The quantitative estimate of drug-likeness (QED) is 0.615. The molecule has 1 N–H and O–H groups in total. The van der Waals surface area contributed by atoms with Crippen LogP contribution in [0.2, 0.25) is 13.1 Å². The Labute approximate surface area is 79.6 Å². The maximum Gasteiger partial charge on any atom is 0.348 e. The highest BCUT2D eigenvalue weighted by Gasteiger charge is 2.23. The average Bonchev–Trinajstić information content (AvgIpc) is 2.04. The monoisotopic (exact) mass is 216 g/mol. The van der Waals surface area contributed by atoms with Gasteiger partial charge in [0.05, 0.1) is 5.30 Å². The van der Waals surface area contributed by atoms with Gasteiger partial charge < -0.3 is 9.11 Å². The van der Waals surface area contributed by atoms with Gasteiger partial charge in [-0.3, -0.25) is 4.57 Å². The molecule has 0 aliphatic rings. The Hall–Kier alpha value is -0.413. The van der Waals surface area contributed by atoms with Gasteiger partial charge in [0.2, 0.25) is 0 Å². The van der Waals surface area contributed by atoms with Gasteiger partial charge in [0.25, 0.3) is 0 Å². The molecular formula is C8H13O3PSi. The lowest BCUT2D eigenvalue weighted by Crippen LogP contribution is -2.13. The fourth-order valence-corrected chi connectivity index (χ4v) is 4.28. The Kier molecular flexibility index (Phi) is 3.45. The zero-order valence-electron chi connectivity index (χ0n) is 7.68. The van der Waals surface area contributed by atoms with Crippen LogP contribution in [0.5, 0.6) is 0 Å². The number of hydrogen-bond donors (Lipinski definition) is 1. The van der Waals surface area contributed by atoms with Crippen LogP contribution in [0.4, 0.5) is 0 Å². The molecule has 3 nitrogen and oxygen atoms in total. The first kappa shape index (κ1) is 10.7. The van der Waals surface area contributed by atoms with E-state index >= 15 is 0 Å². The van der Waals surface area contributed by atoms with Gasteiger partial charge in [0.1, 0.15) is 0 Å². The summed E-state index contributed by atoms with van der Waals surface area (Å²) in [5, 5.41) is 0.371. The molecular weight excluding hydrogens is 203 g/mol. The van der Waals surface area contributed by atoms with E-state index in [1.807, 2.05) is 13.1 Å². The van der Waals surface area contributed by atoms with Gasteiger partial charge in [-0.2, -0.15) is 0 Å². The highest BCUT2D eigenvalue weighted by Crippen LogP contribution is 2.40. The van der Waals surface area contributed by atoms with E-state index in [0.29, 0.717) is 5.30 Å². The van der Waals surface area contributed by atoms with Crippen molar-refractivity contribution < 1.29 is 13.7 Å². The summed E-state index contributed by atoms with van der Waals surface area (Å²) in [6.45, 7) is 3.73. The van der Waals surface area contributed by atoms with Crippen molar-refractivity contribution >= 4 is 21.9 Å². The molecule has 0 bridgehead atoms. The third kappa shape index (κ3) is 3.08. The van der Waals surface area contributed by atoms with Crippen molar-refractivity contribution in [3.05, 3.63) is 30.3 Å². The van der Waals surface area contributed by atoms with Crippen LogP contribution >= 0.6 is 7.60 Å². The minimum Gasteiger partial charge on any atom is -0.352 e. The molecule has 0 spiro atoms. The van der Waals surface area contributed by atoms with Gasteiger partial charge in [-0.05, 0) is 25.2 Å². The van der Waals surface area contributed by atoms with Crippen LogP contribution in [0.1, 0.15) is 0 Å². The van der Waals surface area contributed by atoms with Gasteiger partial charge in [0, 0.05) is 0 Å². The van der Waals surface area contributed by atoms with Gasteiger partial charge in [-0.25, -0.2) is 0 Å². The molecule has 1 unspecified atom stereocenters. The minimum absolute atomic E-state index is 0.371. The lowest BCUT2D eigenvalue weighted by molar-refractivity contribution is 0.398. The lowest BCUT2D eigenvalue weighted by atomic mass is 10.4. The van der Waals surface area contributed by atoms with E-state index in [1.54, 1.807) is 30.3 Å². The van der Waals surface area contributed by atoms with Crippen LogP contribution in [-0.4, -0.2) is 13.9 Å². The molecule has 1 atom stereocenters. The molecule has 0 aliphatic heterocycles. The maximum atomic E-state index is 11.6. The Morgan fingerprint density at radius 3 is 2.31 bits per heavy atom. The number of hydrogen-bond acceptors (Lipinski definition) is 2. The fraction of sp³-hybridized carbons (Fsp3) is 0.250. The van der Waals surface area contributed by atoms with Crippen molar-refractivity contribution in [2.45, 2.75) is 13.1 Å². The summed E-state index contributed by atoms with van der Waals surface area (Å²) in [6, 6.07) is 8.47. The molecule has 1 rings (SSSR count). The predicted molar refractivity (Wildman–Crippen MR) is 55.9 cm³/mol. The fourth-order valence-electron chi connectivity index (χ4n) is 0.963. The summed E-state index contributed by atoms with van der Waals surface area (Å²) in [4.78, 5) is 9.52. The lowest BCUT2D eigenvalue weighted by Gasteiger charge is -2.14. The molecule has 0 aliphatic carbocycles. The Morgan fingerprint density at radius 1 is 1.31 bits per heavy atom. The second-order valence-electron chi connectivity index (χ2n) is 3.01. The summed E-state index contributed by atoms with van der Waals surface area (Å²) >= 11 is 0.